The van der Waals surface area contributed by atoms with E-state index < -0.39 is 16.6 Å². The molecule has 1 aromatic rings. The molecule has 0 N–H and O–H groups in total. The summed E-state index contributed by atoms with van der Waals surface area (Å²) in [5, 5.41) is 0. The third kappa shape index (κ3) is 8.22. The highest BCUT2D eigenvalue weighted by molar-refractivity contribution is 6.89. The summed E-state index contributed by atoms with van der Waals surface area (Å²) in [5.74, 6) is 0. The van der Waals surface area contributed by atoms with Gasteiger partial charge >= 0.3 is 0 Å². The Bertz CT molecular complexity index is 351. The molecular formula is C15H26OSi2. The van der Waals surface area contributed by atoms with Crippen LogP contribution in [0.15, 0.2) is 54.9 Å². The first-order valence-electron chi connectivity index (χ1n) is 6.21. The van der Waals surface area contributed by atoms with Crippen LogP contribution in [0.4, 0.5) is 0 Å². The van der Waals surface area contributed by atoms with E-state index in [0.717, 1.165) is 0 Å². The van der Waals surface area contributed by atoms with Gasteiger partial charge in [0.15, 0.2) is 16.6 Å². The fourth-order valence-corrected chi connectivity index (χ4v) is 7.39. The van der Waals surface area contributed by atoms with Crippen molar-refractivity contribution in [2.45, 2.75) is 33.1 Å². The largest absolute Gasteiger partial charge is 0.449 e. The molecule has 18 heavy (non-hydrogen) atoms. The summed E-state index contributed by atoms with van der Waals surface area (Å²) >= 11 is 0. The lowest BCUT2D eigenvalue weighted by Crippen LogP contribution is -2.41. The fraction of sp³-hybridized carbons (Fsp3) is 0.333. The van der Waals surface area contributed by atoms with Crippen LogP contribution in [-0.4, -0.2) is 16.6 Å². The van der Waals surface area contributed by atoms with Crippen molar-refractivity contribution in [1.82, 2.24) is 0 Å². The normalized spacial score (nSPS) is 11.2. The second-order valence-electron chi connectivity index (χ2n) is 5.37. The Balaban J connectivity index is 0.000000351. The molecule has 0 aromatic heterocycles. The molecule has 0 radical (unpaired) electrons. The summed E-state index contributed by atoms with van der Waals surface area (Å²) in [6, 6.07) is 10.3. The predicted octanol–water partition coefficient (Wildman–Crippen LogP) is 4.86. The Morgan fingerprint density at radius 3 is 1.50 bits per heavy atom. The van der Waals surface area contributed by atoms with E-state index in [0.29, 0.717) is 0 Å². The van der Waals surface area contributed by atoms with Gasteiger partial charge in [0.2, 0.25) is 0 Å². The van der Waals surface area contributed by atoms with Crippen LogP contribution in [0.25, 0.3) is 0 Å². The Labute approximate surface area is 114 Å². The molecule has 100 valence electrons. The van der Waals surface area contributed by atoms with Gasteiger partial charge in [-0.1, -0.05) is 47.3 Å². The smallest absolute Gasteiger partial charge is 0.198 e. The van der Waals surface area contributed by atoms with Gasteiger partial charge in [-0.25, -0.2) is 0 Å². The van der Waals surface area contributed by atoms with Crippen LogP contribution >= 0.6 is 0 Å². The van der Waals surface area contributed by atoms with Crippen molar-refractivity contribution in [3.05, 3.63) is 60.5 Å². The van der Waals surface area contributed by atoms with Crippen LogP contribution in [0.5, 0.6) is 0 Å². The molecule has 0 atom stereocenters. The van der Waals surface area contributed by atoms with Gasteiger partial charge < -0.3 is 4.12 Å². The summed E-state index contributed by atoms with van der Waals surface area (Å²) < 4.78 is 5.97. The number of benzene rings is 1. The van der Waals surface area contributed by atoms with Crippen molar-refractivity contribution >= 4 is 16.6 Å². The van der Waals surface area contributed by atoms with Crippen molar-refractivity contribution < 1.29 is 4.12 Å². The Hall–Kier alpha value is -0.906. The van der Waals surface area contributed by atoms with E-state index in [1.807, 2.05) is 29.6 Å². The molecule has 0 bridgehead atoms. The monoisotopic (exact) mass is 278 g/mol. The minimum absolute atomic E-state index is 1.32. The number of hydrogen-bond acceptors (Lipinski definition) is 1. The first-order chi connectivity index (χ1) is 8.22. The maximum atomic E-state index is 5.97. The van der Waals surface area contributed by atoms with Gasteiger partial charge in [-0.3, -0.25) is 0 Å². The molecule has 0 aliphatic rings. The number of hydrogen-bond donors (Lipinski definition) is 0. The molecule has 1 rings (SSSR count). The minimum Gasteiger partial charge on any atom is -0.449 e. The SMILES string of the molecule is C=C[Si](C)(C)O[Si](C)(C)C=C.Cc1ccccc1. The molecule has 0 heterocycles. The zero-order valence-electron chi connectivity index (χ0n) is 12.4. The van der Waals surface area contributed by atoms with Gasteiger partial charge in [0.1, 0.15) is 0 Å². The standard InChI is InChI=1S/C8H18OSi2.C7H8/c1-7-10(3,4)9-11(5,6)8-2;1-7-5-3-2-4-6-7/h7-8H,1-2H2,3-6H3;2-6H,1H3. The molecule has 0 amide bonds. The van der Waals surface area contributed by atoms with Gasteiger partial charge in [0, 0.05) is 0 Å². The summed E-state index contributed by atoms with van der Waals surface area (Å²) in [6.45, 7) is 18.2. The van der Waals surface area contributed by atoms with Gasteiger partial charge in [-0.15, -0.1) is 13.2 Å². The molecular weight excluding hydrogens is 252 g/mol. The molecule has 0 unspecified atom stereocenters. The summed E-state index contributed by atoms with van der Waals surface area (Å²) in [7, 11) is -3.16. The van der Waals surface area contributed by atoms with Crippen LogP contribution in [0.1, 0.15) is 5.56 Å². The van der Waals surface area contributed by atoms with Gasteiger partial charge in [-0.2, -0.15) is 0 Å². The lowest BCUT2D eigenvalue weighted by atomic mass is 10.2. The average Bonchev–Trinajstić information content (AvgIpc) is 2.30. The van der Waals surface area contributed by atoms with E-state index in [1.54, 1.807) is 0 Å². The first-order valence-corrected chi connectivity index (χ1v) is 12.2. The molecule has 1 aromatic carbocycles. The molecule has 1 nitrogen and oxygen atoms in total. The molecule has 0 aliphatic heterocycles. The van der Waals surface area contributed by atoms with Crippen LogP contribution in [0.3, 0.4) is 0 Å². The van der Waals surface area contributed by atoms with Crippen LogP contribution in [0.2, 0.25) is 26.2 Å². The first kappa shape index (κ1) is 17.1. The fourth-order valence-electron chi connectivity index (χ4n) is 1.30. The molecule has 0 spiro atoms. The van der Waals surface area contributed by atoms with Gasteiger partial charge in [0.25, 0.3) is 0 Å². The van der Waals surface area contributed by atoms with Gasteiger partial charge in [0.05, 0.1) is 0 Å². The van der Waals surface area contributed by atoms with Crippen molar-refractivity contribution in [1.29, 1.82) is 0 Å². The second-order valence-corrected chi connectivity index (χ2v) is 13.4. The molecule has 3 heteroatoms. The third-order valence-corrected chi connectivity index (χ3v) is 8.62. The zero-order valence-corrected chi connectivity index (χ0v) is 14.4. The topological polar surface area (TPSA) is 9.23 Å². The van der Waals surface area contributed by atoms with Crippen LogP contribution in [-0.2, 0) is 4.12 Å². The Morgan fingerprint density at radius 2 is 1.28 bits per heavy atom. The zero-order chi connectivity index (χ0) is 14.2. The summed E-state index contributed by atoms with van der Waals surface area (Å²) in [4.78, 5) is 0. The van der Waals surface area contributed by atoms with Crippen molar-refractivity contribution in [3.63, 3.8) is 0 Å². The average molecular weight is 279 g/mol. The number of aryl methyl sites for hydroxylation is 1. The predicted molar refractivity (Wildman–Crippen MR) is 87.6 cm³/mol. The maximum Gasteiger partial charge on any atom is 0.198 e. The van der Waals surface area contributed by atoms with E-state index in [2.05, 4.69) is 58.4 Å². The molecule has 0 saturated carbocycles. The highest BCUT2D eigenvalue weighted by Gasteiger charge is 2.27. The minimum atomic E-state index is -1.58. The van der Waals surface area contributed by atoms with Crippen molar-refractivity contribution in [2.75, 3.05) is 0 Å². The Morgan fingerprint density at radius 1 is 0.889 bits per heavy atom. The van der Waals surface area contributed by atoms with Crippen LogP contribution < -0.4 is 0 Å². The third-order valence-electron chi connectivity index (χ3n) is 2.45. The van der Waals surface area contributed by atoms with E-state index in [9.17, 15) is 0 Å². The summed E-state index contributed by atoms with van der Waals surface area (Å²) in [6.07, 6.45) is 0. The van der Waals surface area contributed by atoms with Crippen molar-refractivity contribution in [2.24, 2.45) is 0 Å². The quantitative estimate of drug-likeness (QED) is 0.715. The lowest BCUT2D eigenvalue weighted by Gasteiger charge is -2.29. The second kappa shape index (κ2) is 7.51. The highest BCUT2D eigenvalue weighted by Crippen LogP contribution is 2.15. The molecule has 0 aliphatic carbocycles. The highest BCUT2D eigenvalue weighted by atomic mass is 28.4. The van der Waals surface area contributed by atoms with E-state index in [4.69, 9.17) is 4.12 Å². The van der Waals surface area contributed by atoms with Crippen molar-refractivity contribution in [3.8, 4) is 0 Å². The van der Waals surface area contributed by atoms with Gasteiger partial charge in [-0.05, 0) is 33.1 Å². The molecule has 0 fully saturated rings. The van der Waals surface area contributed by atoms with E-state index in [1.165, 1.54) is 5.56 Å². The maximum absolute atomic E-state index is 5.97. The van der Waals surface area contributed by atoms with E-state index >= 15 is 0 Å². The lowest BCUT2D eigenvalue weighted by molar-refractivity contribution is 0.571. The number of rotatable bonds is 4. The molecule has 0 saturated heterocycles. The summed E-state index contributed by atoms with van der Waals surface area (Å²) in [5.41, 5.74) is 5.25. The Kier molecular flexibility index (Phi) is 7.13. The van der Waals surface area contributed by atoms with E-state index in [-0.39, 0.29) is 0 Å². The van der Waals surface area contributed by atoms with Crippen LogP contribution in [0, 0.1) is 6.92 Å².